The molecule has 0 aliphatic heterocycles. The summed E-state index contributed by atoms with van der Waals surface area (Å²) < 4.78 is 5.62. The Balaban J connectivity index is 0.00000441. The van der Waals surface area contributed by atoms with Gasteiger partial charge < -0.3 is 15.4 Å². The Morgan fingerprint density at radius 2 is 1.95 bits per heavy atom. The first-order valence-corrected chi connectivity index (χ1v) is 8.47. The topological polar surface area (TPSA) is 48.9 Å². The van der Waals surface area contributed by atoms with Crippen molar-refractivity contribution in [3.8, 4) is 0 Å². The molecule has 1 aliphatic rings. The van der Waals surface area contributed by atoms with Crippen LogP contribution in [-0.2, 0) is 4.74 Å². The fourth-order valence-corrected chi connectivity index (χ4v) is 2.36. The number of likely N-dealkylation sites (N-methyl/N-ethyl adjacent to an activating group) is 1. The van der Waals surface area contributed by atoms with E-state index in [-0.39, 0.29) is 24.0 Å². The predicted molar refractivity (Wildman–Crippen MR) is 105 cm³/mol. The SMILES string of the molecule is CCN(CC)C(C)CNC(=NC)NCCCOCC1CC1.I. The molecule has 1 saturated carbocycles. The number of halogens is 1. The van der Waals surface area contributed by atoms with Crippen molar-refractivity contribution in [2.45, 2.75) is 46.1 Å². The molecule has 1 rings (SSSR count). The lowest BCUT2D eigenvalue weighted by atomic mass is 10.3. The summed E-state index contributed by atoms with van der Waals surface area (Å²) in [5.74, 6) is 1.74. The van der Waals surface area contributed by atoms with Crippen LogP contribution in [-0.4, -0.2) is 63.3 Å². The smallest absolute Gasteiger partial charge is 0.191 e. The molecule has 0 saturated heterocycles. The van der Waals surface area contributed by atoms with Gasteiger partial charge in [-0.05, 0) is 45.2 Å². The second-order valence-electron chi connectivity index (χ2n) is 5.82. The van der Waals surface area contributed by atoms with E-state index in [1.54, 1.807) is 0 Å². The average molecular weight is 426 g/mol. The zero-order chi connectivity index (χ0) is 15.5. The summed E-state index contributed by atoms with van der Waals surface area (Å²) in [7, 11) is 1.82. The molecule has 0 amide bonds. The maximum atomic E-state index is 5.62. The highest BCUT2D eigenvalue weighted by Gasteiger charge is 2.20. The average Bonchev–Trinajstić information content (AvgIpc) is 3.31. The highest BCUT2D eigenvalue weighted by Crippen LogP contribution is 2.28. The lowest BCUT2D eigenvalue weighted by Crippen LogP contribution is -2.46. The van der Waals surface area contributed by atoms with Crippen LogP contribution in [0.15, 0.2) is 4.99 Å². The van der Waals surface area contributed by atoms with Crippen LogP contribution in [0.3, 0.4) is 0 Å². The molecule has 1 atom stereocenters. The molecule has 1 unspecified atom stereocenters. The van der Waals surface area contributed by atoms with Crippen molar-refractivity contribution in [2.24, 2.45) is 10.9 Å². The fraction of sp³-hybridized carbons (Fsp3) is 0.938. The zero-order valence-electron chi connectivity index (χ0n) is 14.7. The van der Waals surface area contributed by atoms with Crippen molar-refractivity contribution in [3.63, 3.8) is 0 Å². The Kier molecular flexibility index (Phi) is 13.3. The minimum Gasteiger partial charge on any atom is -0.381 e. The maximum Gasteiger partial charge on any atom is 0.191 e. The van der Waals surface area contributed by atoms with Crippen molar-refractivity contribution >= 4 is 29.9 Å². The number of aliphatic imine (C=N–C) groups is 1. The molecule has 0 aromatic heterocycles. The summed E-state index contributed by atoms with van der Waals surface area (Å²) in [6, 6.07) is 0.514. The highest BCUT2D eigenvalue weighted by molar-refractivity contribution is 14.0. The van der Waals surface area contributed by atoms with Crippen molar-refractivity contribution in [3.05, 3.63) is 0 Å². The van der Waals surface area contributed by atoms with E-state index in [9.17, 15) is 0 Å². The molecular formula is C16H35IN4O. The van der Waals surface area contributed by atoms with E-state index >= 15 is 0 Å². The molecule has 0 aromatic rings. The predicted octanol–water partition coefficient (Wildman–Crippen LogP) is 2.32. The molecule has 0 spiro atoms. The number of hydrogen-bond donors (Lipinski definition) is 2. The van der Waals surface area contributed by atoms with Crippen LogP contribution in [0.1, 0.15) is 40.0 Å². The zero-order valence-corrected chi connectivity index (χ0v) is 17.1. The molecule has 0 aromatic carbocycles. The van der Waals surface area contributed by atoms with Gasteiger partial charge in [-0.25, -0.2) is 0 Å². The van der Waals surface area contributed by atoms with Gasteiger partial charge >= 0.3 is 0 Å². The maximum absolute atomic E-state index is 5.62. The first-order valence-electron chi connectivity index (χ1n) is 8.47. The van der Waals surface area contributed by atoms with Crippen molar-refractivity contribution in [1.29, 1.82) is 0 Å². The van der Waals surface area contributed by atoms with E-state index in [0.29, 0.717) is 6.04 Å². The molecular weight excluding hydrogens is 391 g/mol. The Labute approximate surface area is 153 Å². The van der Waals surface area contributed by atoms with Gasteiger partial charge in [0.25, 0.3) is 0 Å². The van der Waals surface area contributed by atoms with Gasteiger partial charge in [-0.3, -0.25) is 9.89 Å². The van der Waals surface area contributed by atoms with Gasteiger partial charge in [0.2, 0.25) is 0 Å². The van der Waals surface area contributed by atoms with Crippen LogP contribution < -0.4 is 10.6 Å². The fourth-order valence-electron chi connectivity index (χ4n) is 2.36. The third-order valence-corrected chi connectivity index (χ3v) is 4.03. The highest BCUT2D eigenvalue weighted by atomic mass is 127. The van der Waals surface area contributed by atoms with Gasteiger partial charge in [0.15, 0.2) is 5.96 Å². The van der Waals surface area contributed by atoms with Crippen LogP contribution in [0.5, 0.6) is 0 Å². The normalized spacial score (nSPS) is 16.3. The molecule has 22 heavy (non-hydrogen) atoms. The Bertz CT molecular complexity index is 294. The van der Waals surface area contributed by atoms with E-state index in [1.165, 1.54) is 12.8 Å². The molecule has 5 nitrogen and oxygen atoms in total. The summed E-state index contributed by atoms with van der Waals surface area (Å²) in [6.07, 6.45) is 3.75. The number of nitrogens with one attached hydrogen (secondary N) is 2. The van der Waals surface area contributed by atoms with Crippen molar-refractivity contribution < 1.29 is 4.74 Å². The first-order chi connectivity index (χ1) is 10.2. The van der Waals surface area contributed by atoms with Crippen molar-refractivity contribution in [1.82, 2.24) is 15.5 Å². The van der Waals surface area contributed by atoms with Crippen LogP contribution in [0, 0.1) is 5.92 Å². The van der Waals surface area contributed by atoms with Gasteiger partial charge in [-0.15, -0.1) is 24.0 Å². The lowest BCUT2D eigenvalue weighted by Gasteiger charge is -2.27. The number of guanidine groups is 1. The van der Waals surface area contributed by atoms with Crippen LogP contribution in [0.4, 0.5) is 0 Å². The van der Waals surface area contributed by atoms with Gasteiger partial charge in [0.05, 0.1) is 0 Å². The summed E-state index contributed by atoms with van der Waals surface area (Å²) >= 11 is 0. The molecule has 2 N–H and O–H groups in total. The lowest BCUT2D eigenvalue weighted by molar-refractivity contribution is 0.123. The largest absolute Gasteiger partial charge is 0.381 e. The van der Waals surface area contributed by atoms with Crippen LogP contribution >= 0.6 is 24.0 Å². The molecule has 6 heteroatoms. The minimum atomic E-state index is 0. The second-order valence-corrected chi connectivity index (χ2v) is 5.82. The third kappa shape index (κ3) is 9.84. The quantitative estimate of drug-likeness (QED) is 0.231. The Morgan fingerprint density at radius 3 is 2.50 bits per heavy atom. The van der Waals surface area contributed by atoms with E-state index in [0.717, 1.165) is 57.7 Å². The molecule has 0 bridgehead atoms. The van der Waals surface area contributed by atoms with E-state index in [2.05, 4.69) is 41.3 Å². The molecule has 132 valence electrons. The monoisotopic (exact) mass is 426 g/mol. The van der Waals surface area contributed by atoms with Gasteiger partial charge in [0.1, 0.15) is 0 Å². The minimum absolute atomic E-state index is 0. The third-order valence-electron chi connectivity index (χ3n) is 4.03. The number of nitrogens with zero attached hydrogens (tertiary/aromatic N) is 2. The number of hydrogen-bond acceptors (Lipinski definition) is 3. The van der Waals surface area contributed by atoms with Gasteiger partial charge in [0, 0.05) is 39.4 Å². The summed E-state index contributed by atoms with van der Waals surface area (Å²) in [5, 5.41) is 6.74. The Hall–Kier alpha value is -0.0800. The summed E-state index contributed by atoms with van der Waals surface area (Å²) in [5.41, 5.74) is 0. The van der Waals surface area contributed by atoms with Crippen LogP contribution in [0.2, 0.25) is 0 Å². The standard InChI is InChI=1S/C16H34N4O.HI/c1-5-20(6-2)14(3)12-19-16(17-4)18-10-7-11-21-13-15-8-9-15;/h14-15H,5-13H2,1-4H3,(H2,17,18,19);1H. The molecule has 0 radical (unpaired) electrons. The van der Waals surface area contributed by atoms with Crippen molar-refractivity contribution in [2.75, 3.05) is 46.4 Å². The van der Waals surface area contributed by atoms with Gasteiger partial charge in [-0.1, -0.05) is 13.8 Å². The number of ether oxygens (including phenoxy) is 1. The molecule has 0 heterocycles. The van der Waals surface area contributed by atoms with Gasteiger partial charge in [-0.2, -0.15) is 0 Å². The number of rotatable bonds is 11. The first kappa shape index (κ1) is 21.9. The molecule has 1 aliphatic carbocycles. The van der Waals surface area contributed by atoms with E-state index in [4.69, 9.17) is 4.74 Å². The second kappa shape index (κ2) is 13.4. The molecule has 1 fully saturated rings. The summed E-state index contributed by atoms with van der Waals surface area (Å²) in [4.78, 5) is 6.70. The van der Waals surface area contributed by atoms with E-state index < -0.39 is 0 Å². The Morgan fingerprint density at radius 1 is 1.27 bits per heavy atom. The summed E-state index contributed by atoms with van der Waals surface area (Å²) in [6.45, 7) is 12.4. The van der Waals surface area contributed by atoms with E-state index in [1.807, 2.05) is 7.05 Å². The van der Waals surface area contributed by atoms with Crippen LogP contribution in [0.25, 0.3) is 0 Å².